The fourth-order valence-electron chi connectivity index (χ4n) is 3.71. The van der Waals surface area contributed by atoms with Crippen LogP contribution in [0, 0.1) is 5.92 Å². The summed E-state index contributed by atoms with van der Waals surface area (Å²) in [5, 5.41) is 3.30. The van der Waals surface area contributed by atoms with Crippen molar-refractivity contribution in [3.63, 3.8) is 0 Å². The first-order valence-corrected chi connectivity index (χ1v) is 9.31. The van der Waals surface area contributed by atoms with Gasteiger partial charge in [-0.25, -0.2) is 0 Å². The molecule has 1 aromatic carbocycles. The first kappa shape index (κ1) is 18.9. The molecule has 2 aliphatic heterocycles. The zero-order chi connectivity index (χ0) is 17.9. The number of halogens is 4. The van der Waals surface area contributed by atoms with Gasteiger partial charge in [-0.2, -0.15) is 0 Å². The molecule has 0 aliphatic carbocycles. The highest BCUT2D eigenvalue weighted by Gasteiger charge is 2.37. The van der Waals surface area contributed by atoms with Crippen LogP contribution in [0.1, 0.15) is 24.4 Å². The van der Waals surface area contributed by atoms with Crippen LogP contribution in [0.15, 0.2) is 22.7 Å². The Balaban J connectivity index is 1.97. The van der Waals surface area contributed by atoms with Gasteiger partial charge in [-0.15, -0.1) is 13.2 Å². The van der Waals surface area contributed by atoms with Crippen LogP contribution < -0.4 is 10.1 Å². The van der Waals surface area contributed by atoms with E-state index in [0.717, 1.165) is 43.5 Å². The van der Waals surface area contributed by atoms with Crippen molar-refractivity contribution in [3.8, 4) is 5.75 Å². The molecule has 0 bridgehead atoms. The van der Waals surface area contributed by atoms with E-state index >= 15 is 0 Å². The summed E-state index contributed by atoms with van der Waals surface area (Å²) in [5.41, 5.74) is 0.598. The Morgan fingerprint density at radius 1 is 1.20 bits per heavy atom. The number of benzene rings is 1. The van der Waals surface area contributed by atoms with Crippen LogP contribution in [0.4, 0.5) is 13.2 Å². The van der Waals surface area contributed by atoms with E-state index in [-0.39, 0.29) is 17.7 Å². The van der Waals surface area contributed by atoms with Crippen LogP contribution in [0.25, 0.3) is 0 Å². The average Bonchev–Trinajstić information content (AvgIpc) is 2.58. The van der Waals surface area contributed by atoms with E-state index in [9.17, 15) is 13.2 Å². The van der Waals surface area contributed by atoms with Crippen molar-refractivity contribution in [2.24, 2.45) is 5.92 Å². The molecule has 2 saturated heterocycles. The average molecular weight is 423 g/mol. The van der Waals surface area contributed by atoms with Crippen LogP contribution in [0.5, 0.6) is 5.75 Å². The Bertz CT molecular complexity index is 556. The summed E-state index contributed by atoms with van der Waals surface area (Å²) >= 11 is 3.40. The summed E-state index contributed by atoms with van der Waals surface area (Å²) in [6.45, 7) is 4.58. The third kappa shape index (κ3) is 5.09. The third-order valence-corrected chi connectivity index (χ3v) is 5.27. The van der Waals surface area contributed by atoms with Gasteiger partial charge in [-0.3, -0.25) is 4.90 Å². The normalized spacial score (nSPS) is 21.9. The van der Waals surface area contributed by atoms with Crippen molar-refractivity contribution < 1.29 is 22.6 Å². The number of hydrogen-bond donors (Lipinski definition) is 1. The van der Waals surface area contributed by atoms with Crippen molar-refractivity contribution in [2.75, 3.05) is 39.4 Å². The van der Waals surface area contributed by atoms with Gasteiger partial charge < -0.3 is 14.8 Å². The maximum Gasteiger partial charge on any atom is 0.573 e. The molecule has 4 nitrogen and oxygen atoms in total. The second-order valence-corrected chi connectivity index (χ2v) is 7.33. The molecule has 8 heteroatoms. The molecule has 140 valence electrons. The summed E-state index contributed by atoms with van der Waals surface area (Å²) < 4.78 is 49.2. The van der Waals surface area contributed by atoms with Gasteiger partial charge in [0.15, 0.2) is 0 Å². The van der Waals surface area contributed by atoms with E-state index in [0.29, 0.717) is 18.8 Å². The predicted octanol–water partition coefficient (Wildman–Crippen LogP) is 3.72. The summed E-state index contributed by atoms with van der Waals surface area (Å²) in [7, 11) is 0. The van der Waals surface area contributed by atoms with Crippen molar-refractivity contribution in [1.82, 2.24) is 10.2 Å². The SMILES string of the molecule is FC(F)(F)Oc1ccc(Br)cc1[C@@H](C1CCOCC1)N1CCNCC1. The van der Waals surface area contributed by atoms with E-state index < -0.39 is 6.36 Å². The molecule has 1 N–H and O–H groups in total. The smallest absolute Gasteiger partial charge is 0.405 e. The van der Waals surface area contributed by atoms with Crippen LogP contribution in [-0.2, 0) is 4.74 Å². The fraction of sp³-hybridized carbons (Fsp3) is 0.647. The van der Waals surface area contributed by atoms with Crippen LogP contribution >= 0.6 is 15.9 Å². The monoisotopic (exact) mass is 422 g/mol. The van der Waals surface area contributed by atoms with E-state index in [2.05, 4.69) is 30.9 Å². The van der Waals surface area contributed by atoms with Gasteiger partial charge in [0, 0.05) is 55.5 Å². The maximum absolute atomic E-state index is 12.9. The maximum atomic E-state index is 12.9. The van der Waals surface area contributed by atoms with Gasteiger partial charge in [-0.1, -0.05) is 15.9 Å². The second kappa shape index (κ2) is 8.24. The first-order valence-electron chi connectivity index (χ1n) is 8.52. The second-order valence-electron chi connectivity index (χ2n) is 6.41. The highest BCUT2D eigenvalue weighted by atomic mass is 79.9. The Hall–Kier alpha value is -0.830. The number of nitrogens with one attached hydrogen (secondary N) is 1. The molecule has 0 aromatic heterocycles. The molecule has 0 saturated carbocycles. The summed E-state index contributed by atoms with van der Waals surface area (Å²) in [6.07, 6.45) is -3.02. The quantitative estimate of drug-likeness (QED) is 0.801. The minimum absolute atomic E-state index is 0.106. The Morgan fingerprint density at radius 2 is 1.88 bits per heavy atom. The van der Waals surface area contributed by atoms with Crippen molar-refractivity contribution in [1.29, 1.82) is 0 Å². The first-order chi connectivity index (χ1) is 11.9. The minimum Gasteiger partial charge on any atom is -0.405 e. The van der Waals surface area contributed by atoms with E-state index in [1.54, 1.807) is 12.1 Å². The third-order valence-electron chi connectivity index (χ3n) is 4.77. The van der Waals surface area contributed by atoms with Crippen LogP contribution in [-0.4, -0.2) is 50.7 Å². The lowest BCUT2D eigenvalue weighted by molar-refractivity contribution is -0.275. The summed E-state index contributed by atoms with van der Waals surface area (Å²) in [5.74, 6) is 0.141. The molecule has 3 rings (SSSR count). The van der Waals surface area contributed by atoms with E-state index in [1.165, 1.54) is 6.07 Å². The molecule has 0 radical (unpaired) electrons. The van der Waals surface area contributed by atoms with Crippen LogP contribution in [0.2, 0.25) is 0 Å². The molecular weight excluding hydrogens is 401 g/mol. The Morgan fingerprint density at radius 3 is 2.52 bits per heavy atom. The number of rotatable bonds is 4. The molecule has 1 atom stereocenters. The van der Waals surface area contributed by atoms with Gasteiger partial charge in [-0.05, 0) is 37.0 Å². The lowest BCUT2D eigenvalue weighted by Gasteiger charge is -2.41. The number of hydrogen-bond acceptors (Lipinski definition) is 4. The van der Waals surface area contributed by atoms with Crippen molar-refractivity contribution >= 4 is 15.9 Å². The van der Waals surface area contributed by atoms with Crippen molar-refractivity contribution in [3.05, 3.63) is 28.2 Å². The van der Waals surface area contributed by atoms with Gasteiger partial charge in [0.1, 0.15) is 5.75 Å². The number of nitrogens with zero attached hydrogens (tertiary/aromatic N) is 1. The molecule has 0 spiro atoms. The zero-order valence-electron chi connectivity index (χ0n) is 13.8. The molecule has 2 aliphatic rings. The van der Waals surface area contributed by atoms with Gasteiger partial charge in [0.05, 0.1) is 0 Å². The fourth-order valence-corrected chi connectivity index (χ4v) is 4.09. The number of ether oxygens (including phenoxy) is 2. The lowest BCUT2D eigenvalue weighted by atomic mass is 9.85. The highest BCUT2D eigenvalue weighted by Crippen LogP contribution is 2.42. The lowest BCUT2D eigenvalue weighted by Crippen LogP contribution is -2.47. The molecule has 0 amide bonds. The molecule has 2 fully saturated rings. The number of piperazine rings is 1. The predicted molar refractivity (Wildman–Crippen MR) is 91.6 cm³/mol. The van der Waals surface area contributed by atoms with Gasteiger partial charge in [0.2, 0.25) is 0 Å². The van der Waals surface area contributed by atoms with E-state index in [4.69, 9.17) is 4.74 Å². The topological polar surface area (TPSA) is 33.7 Å². The molecule has 1 aromatic rings. The molecule has 0 unspecified atom stereocenters. The standard InChI is InChI=1S/C17H22BrF3N2O2/c18-13-1-2-15(25-17(19,20)21)14(11-13)16(12-3-9-24-10-4-12)23-7-5-22-6-8-23/h1-2,11-12,16,22H,3-10H2/t16-/m1/s1. The zero-order valence-corrected chi connectivity index (χ0v) is 15.4. The largest absolute Gasteiger partial charge is 0.573 e. The van der Waals surface area contributed by atoms with Gasteiger partial charge in [0.25, 0.3) is 0 Å². The highest BCUT2D eigenvalue weighted by molar-refractivity contribution is 9.10. The van der Waals surface area contributed by atoms with Crippen LogP contribution in [0.3, 0.4) is 0 Å². The molecule has 2 heterocycles. The van der Waals surface area contributed by atoms with E-state index in [1.807, 2.05) is 0 Å². The summed E-state index contributed by atoms with van der Waals surface area (Å²) in [4.78, 5) is 2.28. The molecule has 25 heavy (non-hydrogen) atoms. The molecular formula is C17H22BrF3N2O2. The Labute approximate surface area is 153 Å². The Kier molecular flexibility index (Phi) is 6.25. The van der Waals surface area contributed by atoms with Gasteiger partial charge >= 0.3 is 6.36 Å². The minimum atomic E-state index is -4.70. The van der Waals surface area contributed by atoms with Crippen molar-refractivity contribution in [2.45, 2.75) is 25.2 Å². The number of alkyl halides is 3. The summed E-state index contributed by atoms with van der Waals surface area (Å²) in [6, 6.07) is 4.65.